The third-order valence-corrected chi connectivity index (χ3v) is 4.69. The highest BCUT2D eigenvalue weighted by molar-refractivity contribution is 5.74. The van der Waals surface area contributed by atoms with E-state index in [1.54, 1.807) is 4.90 Å². The van der Waals surface area contributed by atoms with Crippen LogP contribution in [0.3, 0.4) is 0 Å². The number of carbonyl (C=O) groups excluding carboxylic acids is 2. The average Bonchev–Trinajstić information content (AvgIpc) is 2.67. The molecule has 8 nitrogen and oxygen atoms in total. The van der Waals surface area contributed by atoms with E-state index in [1.165, 1.54) is 19.2 Å². The molecule has 1 fully saturated rings. The second kappa shape index (κ2) is 8.90. The van der Waals surface area contributed by atoms with Crippen LogP contribution in [-0.4, -0.2) is 56.6 Å². The monoisotopic (exact) mass is 381 g/mol. The van der Waals surface area contributed by atoms with Crippen LogP contribution in [-0.2, 0) is 22.5 Å². The molecule has 0 spiro atoms. The number of halogens is 1. The van der Waals surface area contributed by atoms with Crippen LogP contribution in [0.15, 0.2) is 12.1 Å². The minimum absolute atomic E-state index is 0.00770. The average molecular weight is 381 g/mol. The molecule has 2 aliphatic rings. The molecule has 27 heavy (non-hydrogen) atoms. The van der Waals surface area contributed by atoms with Gasteiger partial charge in [0.15, 0.2) is 6.79 Å². The molecule has 2 heterocycles. The van der Waals surface area contributed by atoms with Gasteiger partial charge in [0.1, 0.15) is 11.6 Å². The molecule has 1 saturated heterocycles. The summed E-state index contributed by atoms with van der Waals surface area (Å²) in [6, 6.07) is 2.56. The Labute approximate surface area is 156 Å². The van der Waals surface area contributed by atoms with Crippen LogP contribution in [0.25, 0.3) is 0 Å². The van der Waals surface area contributed by atoms with Crippen LogP contribution >= 0.6 is 0 Å². The molecule has 2 aliphatic heterocycles. The lowest BCUT2D eigenvalue weighted by atomic mass is 10.1. The molecule has 1 aromatic rings. The maximum atomic E-state index is 13.7. The Hall–Kier alpha value is -2.55. The van der Waals surface area contributed by atoms with Gasteiger partial charge in [-0.15, -0.1) is 0 Å². The summed E-state index contributed by atoms with van der Waals surface area (Å²) in [4.78, 5) is 25.2. The minimum Gasteiger partial charge on any atom is -0.467 e. The van der Waals surface area contributed by atoms with Gasteiger partial charge in [0, 0.05) is 31.2 Å². The van der Waals surface area contributed by atoms with Gasteiger partial charge >= 0.3 is 12.1 Å². The summed E-state index contributed by atoms with van der Waals surface area (Å²) in [6.07, 6.45) is 1.46. The molecule has 148 valence electrons. The number of hydrogen-bond donors (Lipinski definition) is 2. The fraction of sp³-hybridized carbons (Fsp3) is 0.556. The highest BCUT2D eigenvalue weighted by Crippen LogP contribution is 2.29. The zero-order valence-corrected chi connectivity index (χ0v) is 15.3. The lowest BCUT2D eigenvalue weighted by molar-refractivity contribution is -0.0172. The number of carbonyl (C=O) groups is 2. The Balaban J connectivity index is 1.43. The normalized spacial score (nSPS) is 16.9. The van der Waals surface area contributed by atoms with Crippen molar-refractivity contribution in [1.29, 1.82) is 0 Å². The van der Waals surface area contributed by atoms with Gasteiger partial charge in [0.2, 0.25) is 0 Å². The van der Waals surface area contributed by atoms with Gasteiger partial charge in [0.05, 0.1) is 13.7 Å². The number of fused-ring (bicyclic) bond motifs is 1. The topological polar surface area (TPSA) is 89.1 Å². The molecule has 0 radical (unpaired) electrons. The molecule has 0 bridgehead atoms. The van der Waals surface area contributed by atoms with Crippen molar-refractivity contribution in [1.82, 2.24) is 15.5 Å². The lowest BCUT2D eigenvalue weighted by Crippen LogP contribution is -2.49. The Kier molecular flexibility index (Phi) is 6.33. The molecule has 1 aromatic carbocycles. The summed E-state index contributed by atoms with van der Waals surface area (Å²) in [5, 5.41) is 5.69. The van der Waals surface area contributed by atoms with E-state index in [1.807, 2.05) is 0 Å². The standard InChI is InChI=1S/C18H24FN3O5/c1-25-18(24)22-6-3-15(4-7-22)21-17(23)20-5-2-12-8-14(19)9-13-10-26-11-27-16(12)13/h8-9,15H,2-7,10-11H2,1H3,(H2,20,21,23). The van der Waals surface area contributed by atoms with Gasteiger partial charge in [-0.1, -0.05) is 0 Å². The number of nitrogens with zero attached hydrogens (tertiary/aromatic N) is 1. The van der Waals surface area contributed by atoms with Gasteiger partial charge < -0.3 is 29.7 Å². The Morgan fingerprint density at radius 2 is 2.11 bits per heavy atom. The van der Waals surface area contributed by atoms with Crippen molar-refractivity contribution in [3.63, 3.8) is 0 Å². The molecule has 3 amide bonds. The van der Waals surface area contributed by atoms with Crippen molar-refractivity contribution in [2.75, 3.05) is 33.5 Å². The van der Waals surface area contributed by atoms with Crippen molar-refractivity contribution in [3.05, 3.63) is 29.1 Å². The molecule has 0 aliphatic carbocycles. The zero-order valence-electron chi connectivity index (χ0n) is 15.3. The quantitative estimate of drug-likeness (QED) is 0.830. The molecule has 0 unspecified atom stereocenters. The second-order valence-corrected chi connectivity index (χ2v) is 6.55. The van der Waals surface area contributed by atoms with E-state index in [0.717, 1.165) is 0 Å². The fourth-order valence-corrected chi connectivity index (χ4v) is 3.33. The van der Waals surface area contributed by atoms with Crippen molar-refractivity contribution >= 4 is 12.1 Å². The minimum atomic E-state index is -0.348. The van der Waals surface area contributed by atoms with E-state index in [2.05, 4.69) is 10.6 Å². The largest absolute Gasteiger partial charge is 0.467 e. The van der Waals surface area contributed by atoms with E-state index in [4.69, 9.17) is 14.2 Å². The van der Waals surface area contributed by atoms with Crippen LogP contribution in [0.2, 0.25) is 0 Å². The van der Waals surface area contributed by atoms with Gasteiger partial charge in [-0.25, -0.2) is 14.0 Å². The zero-order chi connectivity index (χ0) is 19.2. The number of urea groups is 1. The van der Waals surface area contributed by atoms with Gasteiger partial charge in [0.25, 0.3) is 0 Å². The van der Waals surface area contributed by atoms with Crippen LogP contribution < -0.4 is 15.4 Å². The van der Waals surface area contributed by atoms with Crippen LogP contribution in [0.5, 0.6) is 5.75 Å². The van der Waals surface area contributed by atoms with E-state index >= 15 is 0 Å². The first kappa shape index (κ1) is 19.2. The number of ether oxygens (including phenoxy) is 3. The number of rotatable bonds is 4. The predicted octanol–water partition coefficient (Wildman–Crippen LogP) is 1.76. The third kappa shape index (κ3) is 5.00. The summed E-state index contributed by atoms with van der Waals surface area (Å²) >= 11 is 0. The first-order valence-corrected chi connectivity index (χ1v) is 8.96. The van der Waals surface area contributed by atoms with Crippen LogP contribution in [0, 0.1) is 5.82 Å². The van der Waals surface area contributed by atoms with Gasteiger partial charge in [-0.05, 0) is 37.0 Å². The summed E-state index contributed by atoms with van der Waals surface area (Å²) in [6.45, 7) is 1.91. The molecule has 0 aromatic heterocycles. The smallest absolute Gasteiger partial charge is 0.409 e. The van der Waals surface area contributed by atoms with E-state index in [-0.39, 0.29) is 30.8 Å². The van der Waals surface area contributed by atoms with Crippen molar-refractivity contribution in [2.24, 2.45) is 0 Å². The van der Waals surface area contributed by atoms with Crippen molar-refractivity contribution in [2.45, 2.75) is 31.9 Å². The number of amides is 3. The predicted molar refractivity (Wildman–Crippen MR) is 93.9 cm³/mol. The maximum absolute atomic E-state index is 13.7. The second-order valence-electron chi connectivity index (χ2n) is 6.55. The SMILES string of the molecule is COC(=O)N1CCC(NC(=O)NCCc2cc(F)cc3c2OCOC3)CC1. The molecule has 0 atom stereocenters. The molecule has 9 heteroatoms. The molecule has 0 saturated carbocycles. The molecular weight excluding hydrogens is 357 g/mol. The first-order chi connectivity index (χ1) is 13.1. The van der Waals surface area contributed by atoms with Crippen molar-refractivity contribution in [3.8, 4) is 5.75 Å². The highest BCUT2D eigenvalue weighted by atomic mass is 19.1. The van der Waals surface area contributed by atoms with E-state index < -0.39 is 0 Å². The highest BCUT2D eigenvalue weighted by Gasteiger charge is 2.24. The molecule has 2 N–H and O–H groups in total. The van der Waals surface area contributed by atoms with Gasteiger partial charge in [-0.3, -0.25) is 0 Å². The summed E-state index contributed by atoms with van der Waals surface area (Å²) in [5.41, 5.74) is 1.39. The van der Waals surface area contributed by atoms with E-state index in [9.17, 15) is 14.0 Å². The maximum Gasteiger partial charge on any atom is 0.409 e. The Morgan fingerprint density at radius 1 is 1.33 bits per heavy atom. The van der Waals surface area contributed by atoms with Gasteiger partial charge in [-0.2, -0.15) is 0 Å². The number of likely N-dealkylation sites (tertiary alicyclic amines) is 1. The van der Waals surface area contributed by atoms with E-state index in [0.29, 0.717) is 62.4 Å². The summed E-state index contributed by atoms with van der Waals surface area (Å²) < 4.78 is 29.0. The Morgan fingerprint density at radius 3 is 2.85 bits per heavy atom. The number of benzene rings is 1. The lowest BCUT2D eigenvalue weighted by Gasteiger charge is -2.31. The van der Waals surface area contributed by atoms with Crippen LogP contribution in [0.4, 0.5) is 14.0 Å². The molecular formula is C18H24FN3O5. The van der Waals surface area contributed by atoms with Crippen LogP contribution in [0.1, 0.15) is 24.0 Å². The molecule has 3 rings (SSSR count). The number of piperidine rings is 1. The number of nitrogens with one attached hydrogen (secondary N) is 2. The fourth-order valence-electron chi connectivity index (χ4n) is 3.33. The summed E-state index contributed by atoms with van der Waals surface area (Å²) in [7, 11) is 1.36. The Bertz CT molecular complexity index is 692. The summed E-state index contributed by atoms with van der Waals surface area (Å²) in [5.74, 6) is 0.291. The number of methoxy groups -OCH3 is 1. The van der Waals surface area contributed by atoms with Crippen molar-refractivity contribution < 1.29 is 28.2 Å². The number of hydrogen-bond acceptors (Lipinski definition) is 5. The first-order valence-electron chi connectivity index (χ1n) is 8.96. The third-order valence-electron chi connectivity index (χ3n) is 4.69.